The Morgan fingerprint density at radius 2 is 1.86 bits per heavy atom. The second kappa shape index (κ2) is 12.8. The van der Waals surface area contributed by atoms with Gasteiger partial charge >= 0.3 is 0 Å². The van der Waals surface area contributed by atoms with Crippen LogP contribution in [-0.4, -0.2) is 54.3 Å². The Morgan fingerprint density at radius 3 is 2.60 bits per heavy atom. The number of nitrogens with two attached hydrogens (primary N) is 1. The summed E-state index contributed by atoms with van der Waals surface area (Å²) in [4.78, 5) is 23.4. The van der Waals surface area contributed by atoms with Gasteiger partial charge in [-0.25, -0.2) is 0 Å². The maximum absolute atomic E-state index is 12.0. The molecule has 1 aromatic carbocycles. The molecular formula is C22H28ClN2O9P. The highest BCUT2D eigenvalue weighted by Crippen LogP contribution is 2.40. The number of aromatic nitrogens is 1. The summed E-state index contributed by atoms with van der Waals surface area (Å²) < 4.78 is 34.2. The minimum absolute atomic E-state index is 0.0814. The molecule has 0 saturated carbocycles. The van der Waals surface area contributed by atoms with Crippen molar-refractivity contribution in [1.29, 1.82) is 0 Å². The van der Waals surface area contributed by atoms with Gasteiger partial charge in [-0.05, 0) is 37.5 Å². The number of hydrogen-bond donors (Lipinski definition) is 3. The Hall–Kier alpha value is -2.08. The standard InChI is InChI=1S/C22H28ClN2O9P/c23-16-8-2-3-9-17(16)31-11-4-1-5-12-32-35(29,30)33-14-18-19(26)20(27)22(34-18)25-10-6-7-15(13-25)21(24)28/h2-3,6-10,13,18-20,22,26-27H,1,4-5,11-12,14H2,(H2-,24,28,29,30)/t18-,19-,20-,22-/m1/s1. The number of aliphatic hydroxyl groups is 2. The average Bonchev–Trinajstić information content (AvgIpc) is 3.12. The summed E-state index contributed by atoms with van der Waals surface area (Å²) in [7, 11) is -4.65. The van der Waals surface area contributed by atoms with Crippen molar-refractivity contribution in [1.82, 2.24) is 0 Å². The first-order valence-electron chi connectivity index (χ1n) is 11.0. The van der Waals surface area contributed by atoms with E-state index in [0.29, 0.717) is 36.6 Å². The zero-order chi connectivity index (χ0) is 25.4. The summed E-state index contributed by atoms with van der Waals surface area (Å²) in [6.45, 7) is -0.213. The molecule has 11 nitrogen and oxygen atoms in total. The minimum Gasteiger partial charge on any atom is -0.756 e. The van der Waals surface area contributed by atoms with Crippen molar-refractivity contribution in [2.45, 2.75) is 43.8 Å². The van der Waals surface area contributed by atoms with E-state index in [9.17, 15) is 24.5 Å². The van der Waals surface area contributed by atoms with Crippen molar-refractivity contribution in [3.8, 4) is 5.75 Å². The molecule has 13 heteroatoms. The van der Waals surface area contributed by atoms with Gasteiger partial charge < -0.3 is 39.4 Å². The van der Waals surface area contributed by atoms with E-state index in [2.05, 4.69) is 0 Å². The number of benzene rings is 1. The zero-order valence-electron chi connectivity index (χ0n) is 18.8. The van der Waals surface area contributed by atoms with Gasteiger partial charge in [0.15, 0.2) is 18.5 Å². The van der Waals surface area contributed by atoms with E-state index in [1.54, 1.807) is 18.2 Å². The lowest BCUT2D eigenvalue weighted by molar-refractivity contribution is -0.765. The lowest BCUT2D eigenvalue weighted by Gasteiger charge is -2.24. The quantitative estimate of drug-likeness (QED) is 0.195. The molecule has 0 aliphatic carbocycles. The number of phosphoric ester groups is 1. The SMILES string of the molecule is NC(=O)c1ccc[n+]([C@@H]2O[C@H](COP(=O)([O-])OCCCCCOc3ccccc3Cl)[C@@H](O)[C@H]2O)c1. The third-order valence-corrected chi connectivity index (χ3v) is 6.54. The fourth-order valence-electron chi connectivity index (χ4n) is 3.41. The van der Waals surface area contributed by atoms with Crippen LogP contribution in [0.15, 0.2) is 48.8 Å². The summed E-state index contributed by atoms with van der Waals surface area (Å²) in [6, 6.07) is 10.1. The smallest absolute Gasteiger partial charge is 0.292 e. The lowest BCUT2D eigenvalue weighted by Crippen LogP contribution is -2.46. The number of pyridine rings is 1. The first-order valence-corrected chi connectivity index (χ1v) is 12.8. The van der Waals surface area contributed by atoms with Crippen LogP contribution in [0, 0.1) is 0 Å². The summed E-state index contributed by atoms with van der Waals surface area (Å²) >= 11 is 6.01. The number of phosphoric acid groups is 1. The number of carbonyl (C=O) groups excluding carboxylic acids is 1. The predicted molar refractivity (Wildman–Crippen MR) is 121 cm³/mol. The molecule has 1 unspecified atom stereocenters. The maximum Gasteiger partial charge on any atom is 0.292 e. The molecule has 1 fully saturated rings. The number of aliphatic hydroxyl groups excluding tert-OH is 2. The number of hydrogen-bond acceptors (Lipinski definition) is 9. The van der Waals surface area contributed by atoms with Gasteiger partial charge in [-0.3, -0.25) is 9.36 Å². The van der Waals surface area contributed by atoms with E-state index in [-0.39, 0.29) is 12.2 Å². The number of nitrogens with zero attached hydrogens (tertiary/aromatic N) is 1. The monoisotopic (exact) mass is 530 g/mol. The summed E-state index contributed by atoms with van der Waals surface area (Å²) in [5, 5.41) is 21.1. The second-order valence-corrected chi connectivity index (χ2v) is 9.68. The summed E-state index contributed by atoms with van der Waals surface area (Å²) in [5.74, 6) is -0.0876. The Balaban J connectivity index is 1.37. The molecule has 0 radical (unpaired) electrons. The number of para-hydroxylation sites is 1. The van der Waals surface area contributed by atoms with E-state index in [1.165, 1.54) is 29.1 Å². The predicted octanol–water partition coefficient (Wildman–Crippen LogP) is 1.10. The third kappa shape index (κ3) is 7.96. The average molecular weight is 531 g/mol. The zero-order valence-corrected chi connectivity index (χ0v) is 20.4. The van der Waals surface area contributed by atoms with E-state index < -0.39 is 44.9 Å². The van der Waals surface area contributed by atoms with Gasteiger partial charge in [-0.2, -0.15) is 4.57 Å². The summed E-state index contributed by atoms with van der Waals surface area (Å²) in [5.41, 5.74) is 5.43. The molecule has 0 spiro atoms. The van der Waals surface area contributed by atoms with E-state index in [4.69, 9.17) is 35.9 Å². The highest BCUT2D eigenvalue weighted by Gasteiger charge is 2.48. The van der Waals surface area contributed by atoms with Gasteiger partial charge in [-0.15, -0.1) is 0 Å². The molecule has 2 aromatic rings. The van der Waals surface area contributed by atoms with Gasteiger partial charge in [0.25, 0.3) is 20.0 Å². The van der Waals surface area contributed by atoms with Gasteiger partial charge in [0.1, 0.15) is 23.5 Å². The van der Waals surface area contributed by atoms with Crippen LogP contribution in [-0.2, 0) is 18.3 Å². The number of ether oxygens (including phenoxy) is 2. The molecule has 1 amide bonds. The van der Waals surface area contributed by atoms with Crippen LogP contribution in [0.2, 0.25) is 5.02 Å². The highest BCUT2D eigenvalue weighted by atomic mass is 35.5. The maximum atomic E-state index is 12.0. The molecule has 1 saturated heterocycles. The number of carbonyl (C=O) groups is 1. The molecule has 3 rings (SSSR count). The van der Waals surface area contributed by atoms with Gasteiger partial charge in [-0.1, -0.05) is 23.7 Å². The molecule has 2 heterocycles. The Labute approximate surface area is 207 Å². The largest absolute Gasteiger partial charge is 0.756 e. The van der Waals surface area contributed by atoms with E-state index in [1.807, 2.05) is 6.07 Å². The molecule has 1 aromatic heterocycles. The Kier molecular flexibility index (Phi) is 10.0. The first kappa shape index (κ1) is 27.5. The van der Waals surface area contributed by atoms with Crippen LogP contribution >= 0.6 is 19.4 Å². The third-order valence-electron chi connectivity index (χ3n) is 5.27. The van der Waals surface area contributed by atoms with Gasteiger partial charge in [0.05, 0.1) is 24.8 Å². The van der Waals surface area contributed by atoms with Gasteiger partial charge in [0, 0.05) is 6.07 Å². The van der Waals surface area contributed by atoms with Crippen molar-refractivity contribution in [2.75, 3.05) is 19.8 Å². The van der Waals surface area contributed by atoms with Crippen LogP contribution in [0.1, 0.15) is 35.8 Å². The molecule has 0 bridgehead atoms. The topological polar surface area (TPSA) is 164 Å². The van der Waals surface area contributed by atoms with Crippen molar-refractivity contribution >= 4 is 25.3 Å². The number of halogens is 1. The van der Waals surface area contributed by atoms with Crippen LogP contribution < -0.4 is 19.9 Å². The van der Waals surface area contributed by atoms with Crippen molar-refractivity contribution in [3.63, 3.8) is 0 Å². The van der Waals surface area contributed by atoms with Crippen LogP contribution in [0.4, 0.5) is 0 Å². The Morgan fingerprint density at radius 1 is 1.11 bits per heavy atom. The molecule has 5 atom stereocenters. The molecule has 1 aliphatic heterocycles. The van der Waals surface area contributed by atoms with Crippen LogP contribution in [0.5, 0.6) is 5.75 Å². The lowest BCUT2D eigenvalue weighted by atomic mass is 10.1. The number of amides is 1. The number of primary amides is 1. The van der Waals surface area contributed by atoms with Crippen LogP contribution in [0.25, 0.3) is 0 Å². The highest BCUT2D eigenvalue weighted by molar-refractivity contribution is 7.45. The molecule has 4 N–H and O–H groups in total. The molecule has 35 heavy (non-hydrogen) atoms. The Bertz CT molecular complexity index is 1040. The molecular weight excluding hydrogens is 503 g/mol. The normalized spacial score (nSPS) is 23.7. The second-order valence-electron chi connectivity index (χ2n) is 7.87. The van der Waals surface area contributed by atoms with Crippen molar-refractivity contribution in [3.05, 3.63) is 59.4 Å². The molecule has 192 valence electrons. The van der Waals surface area contributed by atoms with E-state index in [0.717, 1.165) is 0 Å². The first-order chi connectivity index (χ1) is 16.7. The molecule has 1 aliphatic rings. The minimum atomic E-state index is -4.65. The van der Waals surface area contributed by atoms with Crippen LogP contribution in [0.3, 0.4) is 0 Å². The number of rotatable bonds is 13. The fourth-order valence-corrected chi connectivity index (χ4v) is 4.36. The van der Waals surface area contributed by atoms with Crippen molar-refractivity contribution < 1.29 is 47.6 Å². The van der Waals surface area contributed by atoms with Crippen molar-refractivity contribution in [2.24, 2.45) is 5.73 Å². The summed E-state index contributed by atoms with van der Waals surface area (Å²) in [6.07, 6.45) is -0.383. The van der Waals surface area contributed by atoms with E-state index >= 15 is 0 Å². The fraction of sp³-hybridized carbons (Fsp3) is 0.455. The van der Waals surface area contributed by atoms with Gasteiger partial charge in [0.2, 0.25) is 0 Å². The number of unbranched alkanes of at least 4 members (excludes halogenated alkanes) is 2.